The van der Waals surface area contributed by atoms with Crippen molar-refractivity contribution in [3.63, 3.8) is 0 Å². The summed E-state index contributed by atoms with van der Waals surface area (Å²) in [6, 6.07) is 3.89. The Hall–Kier alpha value is -2.59. The Kier molecular flexibility index (Phi) is 6.11. The summed E-state index contributed by atoms with van der Waals surface area (Å²) in [5, 5.41) is 11.4. The van der Waals surface area contributed by atoms with E-state index in [-0.39, 0.29) is 5.75 Å². The first-order chi connectivity index (χ1) is 12.5. The number of carboxylic acids is 1. The van der Waals surface area contributed by atoms with E-state index in [2.05, 4.69) is 10.1 Å². The molecule has 0 saturated carbocycles. The van der Waals surface area contributed by atoms with Gasteiger partial charge in [-0.15, -0.1) is 0 Å². The van der Waals surface area contributed by atoms with Crippen molar-refractivity contribution in [1.82, 2.24) is 10.2 Å². The Labute approximate surface area is 150 Å². The average Bonchev–Trinajstić information content (AvgIpc) is 3.01. The van der Waals surface area contributed by atoms with Crippen molar-refractivity contribution >= 4 is 12.0 Å². The molecule has 2 rings (SSSR count). The van der Waals surface area contributed by atoms with Gasteiger partial charge in [0, 0.05) is 13.1 Å². The van der Waals surface area contributed by atoms with E-state index >= 15 is 0 Å². The van der Waals surface area contributed by atoms with Crippen molar-refractivity contribution in [2.24, 2.45) is 11.8 Å². The molecule has 0 spiro atoms. The van der Waals surface area contributed by atoms with Gasteiger partial charge in [0.05, 0.1) is 17.9 Å². The number of likely N-dealkylation sites (tertiary alicyclic amines) is 1. The fourth-order valence-electron chi connectivity index (χ4n) is 2.85. The lowest BCUT2D eigenvalue weighted by Gasteiger charge is -2.22. The normalized spacial score (nSPS) is 21.2. The SMILES string of the molecule is CC(NC(=O)N1C[C@@H](C(F)(F)F)[C@H](C(=O)O)C1)c1ccc(OC(F)F)cc1. The van der Waals surface area contributed by atoms with Crippen molar-refractivity contribution in [2.75, 3.05) is 13.1 Å². The molecule has 2 amide bonds. The second-order valence-corrected chi connectivity index (χ2v) is 6.12. The van der Waals surface area contributed by atoms with Crippen LogP contribution in [0.25, 0.3) is 0 Å². The second-order valence-electron chi connectivity index (χ2n) is 6.12. The summed E-state index contributed by atoms with van der Waals surface area (Å²) >= 11 is 0. The fourth-order valence-corrected chi connectivity index (χ4v) is 2.85. The highest BCUT2D eigenvalue weighted by Gasteiger charge is 2.53. The minimum Gasteiger partial charge on any atom is -0.481 e. The molecule has 0 radical (unpaired) electrons. The molecule has 1 aromatic rings. The first kappa shape index (κ1) is 20.7. The third-order valence-corrected chi connectivity index (χ3v) is 4.29. The maximum atomic E-state index is 13.0. The Morgan fingerprint density at radius 1 is 1.22 bits per heavy atom. The number of benzene rings is 1. The van der Waals surface area contributed by atoms with Crippen molar-refractivity contribution in [2.45, 2.75) is 25.8 Å². The van der Waals surface area contributed by atoms with Gasteiger partial charge in [0.15, 0.2) is 0 Å². The summed E-state index contributed by atoms with van der Waals surface area (Å²) in [6.07, 6.45) is -4.73. The van der Waals surface area contributed by atoms with E-state index in [1.54, 1.807) is 6.92 Å². The zero-order valence-corrected chi connectivity index (χ0v) is 14.0. The average molecular weight is 396 g/mol. The smallest absolute Gasteiger partial charge is 0.394 e. The minimum atomic E-state index is -4.73. The third-order valence-electron chi connectivity index (χ3n) is 4.29. The Bertz CT molecular complexity index is 680. The van der Waals surface area contributed by atoms with Crippen LogP contribution in [0.1, 0.15) is 18.5 Å². The molecular weight excluding hydrogens is 379 g/mol. The van der Waals surface area contributed by atoms with Gasteiger partial charge in [0.25, 0.3) is 0 Å². The maximum absolute atomic E-state index is 13.0. The number of hydrogen-bond donors (Lipinski definition) is 2. The number of carbonyl (C=O) groups excluding carboxylic acids is 1. The molecular formula is C16H17F5N2O4. The zero-order valence-electron chi connectivity index (χ0n) is 14.0. The molecule has 150 valence electrons. The van der Waals surface area contributed by atoms with E-state index in [4.69, 9.17) is 5.11 Å². The van der Waals surface area contributed by atoms with Crippen LogP contribution in [0.4, 0.5) is 26.7 Å². The van der Waals surface area contributed by atoms with Crippen LogP contribution in [0, 0.1) is 11.8 Å². The lowest BCUT2D eigenvalue weighted by molar-refractivity contribution is -0.187. The van der Waals surface area contributed by atoms with Gasteiger partial charge in [-0.1, -0.05) is 12.1 Å². The predicted molar refractivity (Wildman–Crippen MR) is 82.3 cm³/mol. The molecule has 1 fully saturated rings. The first-order valence-electron chi connectivity index (χ1n) is 7.88. The van der Waals surface area contributed by atoms with Crippen LogP contribution in [-0.2, 0) is 4.79 Å². The molecule has 1 heterocycles. The molecule has 11 heteroatoms. The van der Waals surface area contributed by atoms with Crippen LogP contribution in [0.15, 0.2) is 24.3 Å². The molecule has 1 unspecified atom stereocenters. The summed E-state index contributed by atoms with van der Waals surface area (Å²) in [6.45, 7) is -2.74. The van der Waals surface area contributed by atoms with E-state index in [1.807, 2.05) is 0 Å². The van der Waals surface area contributed by atoms with Gasteiger partial charge in [0.1, 0.15) is 5.75 Å². The molecule has 0 bridgehead atoms. The van der Waals surface area contributed by atoms with Crippen LogP contribution in [0.2, 0.25) is 0 Å². The van der Waals surface area contributed by atoms with E-state index < -0.39 is 55.8 Å². The molecule has 3 atom stereocenters. The Balaban J connectivity index is 2.01. The number of urea groups is 1. The van der Waals surface area contributed by atoms with Crippen molar-refractivity contribution in [3.8, 4) is 5.75 Å². The van der Waals surface area contributed by atoms with Gasteiger partial charge < -0.3 is 20.1 Å². The summed E-state index contributed by atoms with van der Waals surface area (Å²) < 4.78 is 67.4. The molecule has 1 aliphatic heterocycles. The van der Waals surface area contributed by atoms with Crippen molar-refractivity contribution in [3.05, 3.63) is 29.8 Å². The number of nitrogens with zero attached hydrogens (tertiary/aromatic N) is 1. The highest BCUT2D eigenvalue weighted by molar-refractivity contribution is 5.78. The van der Waals surface area contributed by atoms with Gasteiger partial charge >= 0.3 is 24.8 Å². The summed E-state index contributed by atoms with van der Waals surface area (Å²) in [5.41, 5.74) is 0.506. The standard InChI is InChI=1S/C16H17F5N2O4/c1-8(9-2-4-10(5-3-9)27-14(17)18)22-15(26)23-6-11(13(24)25)12(7-23)16(19,20)21/h2-5,8,11-12,14H,6-7H2,1H3,(H,22,26)(H,24,25)/t8?,11-,12-/m1/s1. The molecule has 1 aliphatic rings. The number of ether oxygens (including phenoxy) is 1. The van der Waals surface area contributed by atoms with Gasteiger partial charge in [-0.3, -0.25) is 4.79 Å². The monoisotopic (exact) mass is 396 g/mol. The number of hydrogen-bond acceptors (Lipinski definition) is 3. The fraction of sp³-hybridized carbons (Fsp3) is 0.500. The maximum Gasteiger partial charge on any atom is 0.394 e. The molecule has 1 saturated heterocycles. The number of aliphatic carboxylic acids is 1. The highest BCUT2D eigenvalue weighted by atomic mass is 19.4. The van der Waals surface area contributed by atoms with E-state index in [0.29, 0.717) is 5.56 Å². The highest BCUT2D eigenvalue weighted by Crippen LogP contribution is 2.37. The quantitative estimate of drug-likeness (QED) is 0.749. The van der Waals surface area contributed by atoms with Gasteiger partial charge in [-0.05, 0) is 24.6 Å². The summed E-state index contributed by atoms with van der Waals surface area (Å²) in [5.74, 6) is -5.56. The number of alkyl halides is 5. The lowest BCUT2D eigenvalue weighted by atomic mass is 9.96. The van der Waals surface area contributed by atoms with Crippen molar-refractivity contribution < 1.29 is 41.4 Å². The zero-order chi connectivity index (χ0) is 20.4. The number of carboxylic acid groups (broad SMARTS) is 1. The van der Waals surface area contributed by atoms with Gasteiger partial charge in [-0.25, -0.2) is 4.79 Å². The molecule has 1 aromatic carbocycles. The summed E-state index contributed by atoms with van der Waals surface area (Å²) in [4.78, 5) is 24.1. The largest absolute Gasteiger partial charge is 0.481 e. The van der Waals surface area contributed by atoms with Crippen LogP contribution in [-0.4, -0.2) is 47.9 Å². The molecule has 27 heavy (non-hydrogen) atoms. The van der Waals surface area contributed by atoms with Crippen LogP contribution < -0.4 is 10.1 Å². The molecule has 0 aliphatic carbocycles. The number of rotatable bonds is 5. The summed E-state index contributed by atoms with van der Waals surface area (Å²) in [7, 11) is 0. The number of carbonyl (C=O) groups is 2. The number of amides is 2. The lowest BCUT2D eigenvalue weighted by Crippen LogP contribution is -2.40. The third kappa shape index (κ3) is 5.20. The molecule has 0 aromatic heterocycles. The van der Waals surface area contributed by atoms with Crippen LogP contribution in [0.3, 0.4) is 0 Å². The topological polar surface area (TPSA) is 78.9 Å². The Morgan fingerprint density at radius 2 is 1.81 bits per heavy atom. The van der Waals surface area contributed by atoms with Gasteiger partial charge in [0.2, 0.25) is 0 Å². The van der Waals surface area contributed by atoms with Gasteiger partial charge in [-0.2, -0.15) is 22.0 Å². The van der Waals surface area contributed by atoms with E-state index in [9.17, 15) is 31.5 Å². The van der Waals surface area contributed by atoms with Crippen LogP contribution >= 0.6 is 0 Å². The second kappa shape index (κ2) is 7.97. The van der Waals surface area contributed by atoms with Crippen LogP contribution in [0.5, 0.6) is 5.75 Å². The van der Waals surface area contributed by atoms with E-state index in [0.717, 1.165) is 4.90 Å². The first-order valence-corrected chi connectivity index (χ1v) is 7.88. The predicted octanol–water partition coefficient (Wildman–Crippen LogP) is 3.25. The minimum absolute atomic E-state index is 0.0795. The van der Waals surface area contributed by atoms with E-state index in [1.165, 1.54) is 24.3 Å². The number of halogens is 5. The molecule has 6 nitrogen and oxygen atoms in total. The number of nitrogens with one attached hydrogen (secondary N) is 1. The van der Waals surface area contributed by atoms with Crippen molar-refractivity contribution in [1.29, 1.82) is 0 Å². The Morgan fingerprint density at radius 3 is 2.26 bits per heavy atom. The molecule has 2 N–H and O–H groups in total.